The lowest BCUT2D eigenvalue weighted by atomic mass is 10.5. The Morgan fingerprint density at radius 3 is 2.20 bits per heavy atom. The zero-order chi connectivity index (χ0) is 3.70. The number of hydrogen-bond acceptors (Lipinski definition) is 1. The van der Waals surface area contributed by atoms with Gasteiger partial charge in [0, 0.05) is 6.54 Å². The first kappa shape index (κ1) is 3.16. The summed E-state index contributed by atoms with van der Waals surface area (Å²) in [6.45, 7) is 1.78. The molecule has 0 saturated heterocycles. The lowest BCUT2D eigenvalue weighted by molar-refractivity contribution is 0.974. The second-order valence-electron chi connectivity index (χ2n) is 1.53. The zero-order valence-corrected chi connectivity index (χ0v) is 3.15. The minimum absolute atomic E-state index is 0.787. The van der Waals surface area contributed by atoms with E-state index in [0.717, 1.165) is 5.92 Å². The van der Waals surface area contributed by atoms with Gasteiger partial charge in [-0.05, 0) is 18.8 Å². The second-order valence-corrected chi connectivity index (χ2v) is 1.53. The van der Waals surface area contributed by atoms with Gasteiger partial charge in [0.05, 0.1) is 0 Å². The largest absolute Gasteiger partial charge is 0.326 e. The minimum atomic E-state index is 0.787. The first-order valence-corrected chi connectivity index (χ1v) is 1.98. The van der Waals surface area contributed by atoms with E-state index in [1.165, 1.54) is 12.8 Å². The normalized spacial score (nSPS) is 23.4. The van der Waals surface area contributed by atoms with Gasteiger partial charge in [-0.1, -0.05) is 0 Å². The molecule has 1 fully saturated rings. The number of hydrogen-bond donors (Lipinski definition) is 1. The van der Waals surface area contributed by atoms with E-state index >= 15 is 0 Å². The monoisotopic (exact) mass is 70.1 g/mol. The Kier molecular flexibility index (Phi) is 0.618. The van der Waals surface area contributed by atoms with Crippen LogP contribution >= 0.6 is 0 Å². The molecule has 1 aliphatic carbocycles. The molecule has 0 atom stereocenters. The van der Waals surface area contributed by atoms with Crippen molar-refractivity contribution in [1.29, 1.82) is 0 Å². The van der Waals surface area contributed by atoms with Crippen LogP contribution in [0.1, 0.15) is 12.8 Å². The summed E-state index contributed by atoms with van der Waals surface area (Å²) in [7, 11) is 0. The summed E-state index contributed by atoms with van der Waals surface area (Å²) in [6, 6.07) is 0. The molecule has 1 rings (SSSR count). The van der Waals surface area contributed by atoms with Gasteiger partial charge in [-0.3, -0.25) is 0 Å². The summed E-state index contributed by atoms with van der Waals surface area (Å²) in [6.07, 6.45) is 2.66. The summed E-state index contributed by atoms with van der Waals surface area (Å²) in [5, 5.41) is 0. The van der Waals surface area contributed by atoms with Crippen LogP contribution in [0.15, 0.2) is 0 Å². The fraction of sp³-hybridized carbons (Fsp3) is 0.750. The molecule has 1 aliphatic rings. The van der Waals surface area contributed by atoms with Crippen molar-refractivity contribution in [2.24, 2.45) is 11.7 Å². The quantitative estimate of drug-likeness (QED) is 0.478. The Bertz CT molecular complexity index is 30.6. The molecule has 2 N–H and O–H groups in total. The van der Waals surface area contributed by atoms with Crippen LogP contribution in [0.3, 0.4) is 0 Å². The van der Waals surface area contributed by atoms with Gasteiger partial charge in [0.1, 0.15) is 0 Å². The summed E-state index contributed by atoms with van der Waals surface area (Å²) < 4.78 is 0. The molecule has 1 saturated carbocycles. The van der Waals surface area contributed by atoms with Gasteiger partial charge in [-0.2, -0.15) is 0 Å². The molecular formula is C4H8N. The maximum atomic E-state index is 5.11. The first-order valence-electron chi connectivity index (χ1n) is 1.98. The molecule has 0 spiro atoms. The molecule has 0 amide bonds. The van der Waals surface area contributed by atoms with Crippen LogP contribution in [-0.4, -0.2) is 0 Å². The topological polar surface area (TPSA) is 26.0 Å². The van der Waals surface area contributed by atoms with Crippen LogP contribution in [-0.2, 0) is 0 Å². The third-order valence-corrected chi connectivity index (χ3v) is 0.894. The predicted molar refractivity (Wildman–Crippen MR) is 21.2 cm³/mol. The smallest absolute Gasteiger partial charge is 0.0223 e. The first-order chi connectivity index (χ1) is 2.43. The van der Waals surface area contributed by atoms with E-state index in [0.29, 0.717) is 0 Å². The standard InChI is InChI=1S/C4H8N/c5-3-4-1-2-4/h3-4H,1-2,5H2. The van der Waals surface area contributed by atoms with Crippen LogP contribution in [0.25, 0.3) is 0 Å². The fourth-order valence-electron chi connectivity index (χ4n) is 0.289. The van der Waals surface area contributed by atoms with Crippen LogP contribution < -0.4 is 5.73 Å². The highest BCUT2D eigenvalue weighted by molar-refractivity contribution is 4.81. The van der Waals surface area contributed by atoms with Crippen molar-refractivity contribution < 1.29 is 0 Å². The van der Waals surface area contributed by atoms with Gasteiger partial charge < -0.3 is 5.73 Å². The Balaban J connectivity index is 2.00. The SMILES string of the molecule is N[CH]C1CC1. The Labute approximate surface area is 32.2 Å². The van der Waals surface area contributed by atoms with E-state index in [1.54, 1.807) is 6.54 Å². The van der Waals surface area contributed by atoms with Crippen molar-refractivity contribution >= 4 is 0 Å². The van der Waals surface area contributed by atoms with E-state index < -0.39 is 0 Å². The molecule has 0 aromatic carbocycles. The van der Waals surface area contributed by atoms with Gasteiger partial charge in [0.2, 0.25) is 0 Å². The molecule has 1 nitrogen and oxygen atoms in total. The second kappa shape index (κ2) is 0.977. The fourth-order valence-corrected chi connectivity index (χ4v) is 0.289. The van der Waals surface area contributed by atoms with Crippen molar-refractivity contribution in [3.63, 3.8) is 0 Å². The van der Waals surface area contributed by atoms with Crippen LogP contribution in [0.5, 0.6) is 0 Å². The lowest BCUT2D eigenvalue weighted by Gasteiger charge is -1.73. The number of rotatable bonds is 1. The van der Waals surface area contributed by atoms with E-state index in [9.17, 15) is 0 Å². The Morgan fingerprint density at radius 2 is 2.20 bits per heavy atom. The van der Waals surface area contributed by atoms with Crippen molar-refractivity contribution in [3.8, 4) is 0 Å². The van der Waals surface area contributed by atoms with Crippen molar-refractivity contribution in [1.82, 2.24) is 0 Å². The molecule has 0 unspecified atom stereocenters. The maximum absolute atomic E-state index is 5.11. The third-order valence-electron chi connectivity index (χ3n) is 0.894. The average molecular weight is 70.1 g/mol. The zero-order valence-electron chi connectivity index (χ0n) is 3.15. The van der Waals surface area contributed by atoms with Crippen molar-refractivity contribution in [3.05, 3.63) is 6.54 Å². The average Bonchev–Trinajstić information content (AvgIpc) is 2.12. The third kappa shape index (κ3) is 0.618. The van der Waals surface area contributed by atoms with Gasteiger partial charge in [-0.15, -0.1) is 0 Å². The highest BCUT2D eigenvalue weighted by Crippen LogP contribution is 2.28. The molecular weight excluding hydrogens is 62.1 g/mol. The lowest BCUT2D eigenvalue weighted by Crippen LogP contribution is -1.89. The summed E-state index contributed by atoms with van der Waals surface area (Å²) in [5.41, 5.74) is 5.11. The molecule has 29 valence electrons. The Morgan fingerprint density at radius 1 is 1.60 bits per heavy atom. The van der Waals surface area contributed by atoms with Gasteiger partial charge >= 0.3 is 0 Å². The summed E-state index contributed by atoms with van der Waals surface area (Å²) in [5.74, 6) is 0.787. The van der Waals surface area contributed by atoms with Gasteiger partial charge in [-0.25, -0.2) is 0 Å². The minimum Gasteiger partial charge on any atom is -0.326 e. The molecule has 0 aromatic heterocycles. The van der Waals surface area contributed by atoms with E-state index in [-0.39, 0.29) is 0 Å². The van der Waals surface area contributed by atoms with Crippen LogP contribution in [0.2, 0.25) is 0 Å². The molecule has 5 heavy (non-hydrogen) atoms. The number of nitrogens with two attached hydrogens (primary N) is 1. The van der Waals surface area contributed by atoms with Crippen molar-refractivity contribution in [2.75, 3.05) is 0 Å². The van der Waals surface area contributed by atoms with E-state index in [1.807, 2.05) is 0 Å². The van der Waals surface area contributed by atoms with E-state index in [4.69, 9.17) is 5.73 Å². The highest BCUT2D eigenvalue weighted by atomic mass is 14.6. The molecule has 0 bridgehead atoms. The molecule has 0 aromatic rings. The van der Waals surface area contributed by atoms with Gasteiger partial charge in [0.25, 0.3) is 0 Å². The molecule has 0 aliphatic heterocycles. The maximum Gasteiger partial charge on any atom is 0.0223 e. The summed E-state index contributed by atoms with van der Waals surface area (Å²) >= 11 is 0. The van der Waals surface area contributed by atoms with Crippen LogP contribution in [0.4, 0.5) is 0 Å². The molecule has 1 radical (unpaired) electrons. The van der Waals surface area contributed by atoms with Crippen molar-refractivity contribution in [2.45, 2.75) is 12.8 Å². The molecule has 1 heteroatoms. The Hall–Kier alpha value is -0.0400. The highest BCUT2D eigenvalue weighted by Gasteiger charge is 2.18. The summed E-state index contributed by atoms with van der Waals surface area (Å²) in [4.78, 5) is 0. The van der Waals surface area contributed by atoms with Gasteiger partial charge in [0.15, 0.2) is 0 Å². The predicted octanol–water partition coefficient (Wildman–Crippen LogP) is 0.517. The van der Waals surface area contributed by atoms with E-state index in [2.05, 4.69) is 0 Å². The molecule has 0 heterocycles. The van der Waals surface area contributed by atoms with Crippen LogP contribution in [0, 0.1) is 12.5 Å².